The number of fused-ring (bicyclic) bond motifs is 1. The largest absolute Gasteiger partial charge is 0.493 e. The highest BCUT2D eigenvalue weighted by Gasteiger charge is 2.23. The molecule has 0 saturated carbocycles. The number of rotatable bonds is 9. The van der Waals surface area contributed by atoms with E-state index in [9.17, 15) is 9.59 Å². The fourth-order valence-corrected chi connectivity index (χ4v) is 3.41. The summed E-state index contributed by atoms with van der Waals surface area (Å²) in [7, 11) is 1.55. The second-order valence-corrected chi connectivity index (χ2v) is 7.57. The molecule has 2 aromatic rings. The predicted octanol–water partition coefficient (Wildman–Crippen LogP) is 4.47. The second kappa shape index (κ2) is 9.65. The van der Waals surface area contributed by atoms with Crippen molar-refractivity contribution in [2.45, 2.75) is 33.6 Å². The molecule has 0 N–H and O–H groups in total. The van der Waals surface area contributed by atoms with Crippen LogP contribution in [0, 0.1) is 5.92 Å². The molecule has 0 spiro atoms. The lowest BCUT2D eigenvalue weighted by Crippen LogP contribution is -2.18. The Hall–Kier alpha value is -3.02. The van der Waals surface area contributed by atoms with Crippen LogP contribution in [0.15, 0.2) is 30.3 Å². The lowest BCUT2D eigenvalue weighted by molar-refractivity contribution is -0.147. The van der Waals surface area contributed by atoms with Crippen molar-refractivity contribution < 1.29 is 28.5 Å². The van der Waals surface area contributed by atoms with E-state index in [-0.39, 0.29) is 18.3 Å². The zero-order chi connectivity index (χ0) is 21.7. The summed E-state index contributed by atoms with van der Waals surface area (Å²) in [6.45, 7) is 6.32. The van der Waals surface area contributed by atoms with E-state index in [0.29, 0.717) is 36.9 Å². The molecule has 1 aliphatic rings. The molecule has 0 fully saturated rings. The minimum Gasteiger partial charge on any atom is -0.493 e. The maximum Gasteiger partial charge on any atom is 0.344 e. The van der Waals surface area contributed by atoms with Crippen molar-refractivity contribution in [2.75, 3.05) is 26.9 Å². The molecule has 0 radical (unpaired) electrons. The van der Waals surface area contributed by atoms with Gasteiger partial charge < -0.3 is 18.9 Å². The zero-order valence-corrected chi connectivity index (χ0v) is 17.9. The second-order valence-electron chi connectivity index (χ2n) is 7.57. The van der Waals surface area contributed by atoms with Crippen LogP contribution in [-0.2, 0) is 16.0 Å². The van der Waals surface area contributed by atoms with Gasteiger partial charge >= 0.3 is 5.97 Å². The van der Waals surface area contributed by atoms with Gasteiger partial charge in [-0.05, 0) is 42.5 Å². The maximum atomic E-state index is 12.1. The number of ether oxygens (including phenoxy) is 4. The van der Waals surface area contributed by atoms with Gasteiger partial charge in [-0.1, -0.05) is 32.0 Å². The molecule has 2 aromatic carbocycles. The first-order valence-electron chi connectivity index (χ1n) is 10.2. The molecule has 0 amide bonds. The van der Waals surface area contributed by atoms with Gasteiger partial charge in [0.15, 0.2) is 23.9 Å². The van der Waals surface area contributed by atoms with Crippen LogP contribution >= 0.6 is 0 Å². The quantitative estimate of drug-likeness (QED) is 0.566. The van der Waals surface area contributed by atoms with Gasteiger partial charge in [0.1, 0.15) is 0 Å². The standard InChI is InChI=1S/C24H28O6/c1-5-28-24-21(27-4)11-9-19(23(24)30-14-22(26)29-13-15(2)3)17-6-8-18-16(12-17)7-10-20(18)25/h6,8-9,11-12,15H,5,7,10,13-14H2,1-4H3. The third-order valence-corrected chi connectivity index (χ3v) is 4.83. The van der Waals surface area contributed by atoms with Gasteiger partial charge in [0.05, 0.1) is 20.3 Å². The highest BCUT2D eigenvalue weighted by molar-refractivity contribution is 6.01. The number of benzene rings is 2. The Labute approximate surface area is 177 Å². The third kappa shape index (κ3) is 4.75. The summed E-state index contributed by atoms with van der Waals surface area (Å²) in [6, 6.07) is 9.42. The van der Waals surface area contributed by atoms with Crippen LogP contribution in [0.4, 0.5) is 0 Å². The average Bonchev–Trinajstić information content (AvgIpc) is 3.11. The lowest BCUT2D eigenvalue weighted by Gasteiger charge is -2.19. The Morgan fingerprint density at radius 2 is 1.80 bits per heavy atom. The number of Topliss-reactive ketones (excluding diaryl/α,β-unsaturated/α-hetero) is 1. The Bertz CT molecular complexity index is 932. The van der Waals surface area contributed by atoms with Gasteiger partial charge in [-0.3, -0.25) is 4.79 Å². The summed E-state index contributed by atoms with van der Waals surface area (Å²) in [5, 5.41) is 0. The molecule has 0 saturated heterocycles. The van der Waals surface area contributed by atoms with Gasteiger partial charge in [-0.25, -0.2) is 4.79 Å². The van der Waals surface area contributed by atoms with Crippen molar-refractivity contribution >= 4 is 11.8 Å². The highest BCUT2D eigenvalue weighted by atomic mass is 16.6. The van der Waals surface area contributed by atoms with Crippen LogP contribution in [0.25, 0.3) is 11.1 Å². The van der Waals surface area contributed by atoms with E-state index in [2.05, 4.69) is 0 Å². The fraction of sp³-hybridized carbons (Fsp3) is 0.417. The lowest BCUT2D eigenvalue weighted by atomic mass is 9.99. The number of esters is 1. The van der Waals surface area contributed by atoms with Gasteiger partial charge in [0, 0.05) is 17.5 Å². The van der Waals surface area contributed by atoms with E-state index < -0.39 is 5.97 Å². The van der Waals surface area contributed by atoms with Crippen molar-refractivity contribution in [1.29, 1.82) is 0 Å². The van der Waals surface area contributed by atoms with Gasteiger partial charge in [0.2, 0.25) is 5.75 Å². The fourth-order valence-electron chi connectivity index (χ4n) is 3.41. The average molecular weight is 412 g/mol. The molecule has 0 bridgehead atoms. The van der Waals surface area contributed by atoms with E-state index in [1.165, 1.54) is 0 Å². The summed E-state index contributed by atoms with van der Waals surface area (Å²) in [6.07, 6.45) is 1.27. The van der Waals surface area contributed by atoms with Crippen molar-refractivity contribution in [3.63, 3.8) is 0 Å². The Balaban J connectivity index is 1.97. The van der Waals surface area contributed by atoms with E-state index in [1.54, 1.807) is 7.11 Å². The van der Waals surface area contributed by atoms with Crippen LogP contribution in [-0.4, -0.2) is 38.7 Å². The van der Waals surface area contributed by atoms with Gasteiger partial charge in [0.25, 0.3) is 0 Å². The smallest absolute Gasteiger partial charge is 0.344 e. The van der Waals surface area contributed by atoms with Crippen molar-refractivity contribution in [3.8, 4) is 28.4 Å². The number of hydrogen-bond donors (Lipinski definition) is 0. The molecular formula is C24H28O6. The number of ketones is 1. The molecule has 0 aliphatic heterocycles. The predicted molar refractivity (Wildman–Crippen MR) is 114 cm³/mol. The molecule has 0 atom stereocenters. The van der Waals surface area contributed by atoms with Crippen LogP contribution in [0.3, 0.4) is 0 Å². The van der Waals surface area contributed by atoms with Crippen LogP contribution in [0.5, 0.6) is 17.2 Å². The van der Waals surface area contributed by atoms with Gasteiger partial charge in [-0.2, -0.15) is 0 Å². The zero-order valence-electron chi connectivity index (χ0n) is 17.9. The summed E-state index contributed by atoms with van der Waals surface area (Å²) in [4.78, 5) is 24.1. The third-order valence-electron chi connectivity index (χ3n) is 4.83. The van der Waals surface area contributed by atoms with Crippen molar-refractivity contribution in [3.05, 3.63) is 41.5 Å². The SMILES string of the molecule is CCOc1c(OC)ccc(-c2ccc3c(c2)CCC3=O)c1OCC(=O)OCC(C)C. The molecule has 0 aromatic heterocycles. The van der Waals surface area contributed by atoms with E-state index in [0.717, 1.165) is 28.7 Å². The van der Waals surface area contributed by atoms with Crippen molar-refractivity contribution in [2.24, 2.45) is 5.92 Å². The number of methoxy groups -OCH3 is 1. The minimum atomic E-state index is -0.445. The molecule has 6 heteroatoms. The highest BCUT2D eigenvalue weighted by Crippen LogP contribution is 2.45. The van der Waals surface area contributed by atoms with E-state index in [1.807, 2.05) is 51.1 Å². The molecule has 0 unspecified atom stereocenters. The Morgan fingerprint density at radius 3 is 2.50 bits per heavy atom. The van der Waals surface area contributed by atoms with Crippen molar-refractivity contribution in [1.82, 2.24) is 0 Å². The summed E-state index contributed by atoms with van der Waals surface area (Å²) >= 11 is 0. The number of carbonyl (C=O) groups is 2. The number of carbonyl (C=O) groups excluding carboxylic acids is 2. The van der Waals surface area contributed by atoms with Gasteiger partial charge in [-0.15, -0.1) is 0 Å². The monoisotopic (exact) mass is 412 g/mol. The Kier molecular flexibility index (Phi) is 6.98. The topological polar surface area (TPSA) is 71.1 Å². The molecule has 30 heavy (non-hydrogen) atoms. The summed E-state index contributed by atoms with van der Waals surface area (Å²) < 4.78 is 22.4. The summed E-state index contributed by atoms with van der Waals surface area (Å²) in [5.74, 6) is 1.34. The first kappa shape index (κ1) is 21.7. The molecule has 1 aliphatic carbocycles. The maximum absolute atomic E-state index is 12.1. The molecular weight excluding hydrogens is 384 g/mol. The van der Waals surface area contributed by atoms with E-state index in [4.69, 9.17) is 18.9 Å². The Morgan fingerprint density at radius 1 is 1.03 bits per heavy atom. The summed E-state index contributed by atoms with van der Waals surface area (Å²) in [5.41, 5.74) is 3.45. The molecule has 3 rings (SSSR count). The van der Waals surface area contributed by atoms with Crippen LogP contribution in [0.1, 0.15) is 43.1 Å². The van der Waals surface area contributed by atoms with Crippen LogP contribution in [0.2, 0.25) is 0 Å². The normalized spacial score (nSPS) is 12.6. The number of aryl methyl sites for hydroxylation is 1. The van der Waals surface area contributed by atoms with Crippen LogP contribution < -0.4 is 14.2 Å². The molecule has 0 heterocycles. The first-order chi connectivity index (χ1) is 14.4. The number of hydrogen-bond acceptors (Lipinski definition) is 6. The minimum absolute atomic E-state index is 0.172. The molecule has 160 valence electrons. The molecule has 6 nitrogen and oxygen atoms in total. The van der Waals surface area contributed by atoms with E-state index >= 15 is 0 Å². The first-order valence-corrected chi connectivity index (χ1v) is 10.2.